The summed E-state index contributed by atoms with van der Waals surface area (Å²) in [5, 5.41) is 9.54. The molecule has 1 aliphatic rings. The van der Waals surface area contributed by atoms with Gasteiger partial charge in [-0.15, -0.1) is 0 Å². The first-order chi connectivity index (χ1) is 11.3. The van der Waals surface area contributed by atoms with Gasteiger partial charge < -0.3 is 9.47 Å². The molecular formula is C18H14N2O3. The molecule has 1 atom stereocenters. The predicted molar refractivity (Wildman–Crippen MR) is 83.8 cm³/mol. The Morgan fingerprint density at radius 3 is 2.30 bits per heavy atom. The van der Waals surface area contributed by atoms with Crippen molar-refractivity contribution in [1.29, 1.82) is 5.26 Å². The number of methoxy groups -OCH3 is 1. The summed E-state index contributed by atoms with van der Waals surface area (Å²) in [5.41, 5.74) is 1.73. The fourth-order valence-electron chi connectivity index (χ4n) is 2.48. The highest BCUT2D eigenvalue weighted by atomic mass is 16.6. The van der Waals surface area contributed by atoms with Crippen molar-refractivity contribution in [2.24, 2.45) is 0 Å². The van der Waals surface area contributed by atoms with E-state index in [1.807, 2.05) is 60.7 Å². The number of rotatable bonds is 3. The summed E-state index contributed by atoms with van der Waals surface area (Å²) >= 11 is 0. The van der Waals surface area contributed by atoms with Crippen LogP contribution in [-0.4, -0.2) is 13.1 Å². The number of anilines is 1. The van der Waals surface area contributed by atoms with Gasteiger partial charge in [-0.1, -0.05) is 48.5 Å². The molecule has 2 aromatic rings. The molecule has 0 fully saturated rings. The van der Waals surface area contributed by atoms with Crippen LogP contribution in [0, 0.1) is 11.3 Å². The molecule has 2 aromatic carbocycles. The Labute approximate surface area is 134 Å². The fourth-order valence-corrected chi connectivity index (χ4v) is 2.48. The molecule has 0 spiro atoms. The second-order valence-corrected chi connectivity index (χ2v) is 4.87. The highest BCUT2D eigenvalue weighted by Crippen LogP contribution is 2.40. The zero-order chi connectivity index (χ0) is 16.2. The van der Waals surface area contributed by atoms with Crippen LogP contribution in [0.25, 0.3) is 0 Å². The Bertz CT molecular complexity index is 779. The number of carbonyl (C=O) groups excluding carboxylic acids is 1. The Morgan fingerprint density at radius 2 is 1.74 bits per heavy atom. The van der Waals surface area contributed by atoms with Crippen molar-refractivity contribution >= 4 is 11.7 Å². The third kappa shape index (κ3) is 2.62. The number of hydrogen-bond donors (Lipinski definition) is 0. The van der Waals surface area contributed by atoms with Crippen molar-refractivity contribution in [2.45, 2.75) is 6.23 Å². The minimum atomic E-state index is -0.666. The highest BCUT2D eigenvalue weighted by Gasteiger charge is 2.39. The summed E-state index contributed by atoms with van der Waals surface area (Å²) in [7, 11) is 1.26. The molecule has 5 nitrogen and oxygen atoms in total. The van der Waals surface area contributed by atoms with Crippen LogP contribution in [-0.2, 0) is 14.3 Å². The molecule has 1 aliphatic heterocycles. The van der Waals surface area contributed by atoms with E-state index in [4.69, 9.17) is 9.47 Å². The van der Waals surface area contributed by atoms with E-state index in [1.165, 1.54) is 7.11 Å². The van der Waals surface area contributed by atoms with Crippen LogP contribution in [0.3, 0.4) is 0 Å². The predicted octanol–water partition coefficient (Wildman–Crippen LogP) is 3.13. The van der Waals surface area contributed by atoms with E-state index in [1.54, 1.807) is 4.90 Å². The Morgan fingerprint density at radius 1 is 1.13 bits per heavy atom. The number of carbonyl (C=O) groups is 1. The molecule has 5 heteroatoms. The summed E-state index contributed by atoms with van der Waals surface area (Å²) in [5.74, 6) is -0.742. The third-order valence-corrected chi connectivity index (χ3v) is 3.52. The van der Waals surface area contributed by atoms with Crippen molar-refractivity contribution in [1.82, 2.24) is 0 Å². The highest BCUT2D eigenvalue weighted by molar-refractivity contribution is 5.90. The Balaban J connectivity index is 2.12. The lowest BCUT2D eigenvalue weighted by Gasteiger charge is -2.25. The minimum absolute atomic E-state index is 0.0762. The Hall–Kier alpha value is -3.26. The maximum atomic E-state index is 12.0. The number of nitrogens with zero attached hydrogens (tertiary/aromatic N) is 2. The fraction of sp³-hybridized carbons (Fsp3) is 0.111. The molecule has 0 aliphatic carbocycles. The lowest BCUT2D eigenvalue weighted by molar-refractivity contribution is -0.140. The van der Waals surface area contributed by atoms with Crippen LogP contribution < -0.4 is 4.90 Å². The molecule has 114 valence electrons. The van der Waals surface area contributed by atoms with E-state index in [0.717, 1.165) is 11.3 Å². The average Bonchev–Trinajstić information content (AvgIpc) is 3.02. The quantitative estimate of drug-likeness (QED) is 0.815. The van der Waals surface area contributed by atoms with Crippen LogP contribution in [0.1, 0.15) is 11.8 Å². The molecule has 0 bridgehead atoms. The van der Waals surface area contributed by atoms with Crippen molar-refractivity contribution in [2.75, 3.05) is 12.0 Å². The van der Waals surface area contributed by atoms with Crippen molar-refractivity contribution in [3.05, 3.63) is 77.7 Å². The summed E-state index contributed by atoms with van der Waals surface area (Å²) in [6, 6.07) is 20.8. The van der Waals surface area contributed by atoms with E-state index >= 15 is 0 Å². The molecule has 0 amide bonds. The van der Waals surface area contributed by atoms with Gasteiger partial charge in [-0.2, -0.15) is 5.26 Å². The van der Waals surface area contributed by atoms with Gasteiger partial charge in [0.2, 0.25) is 12.0 Å². The Kier molecular flexibility index (Phi) is 3.98. The van der Waals surface area contributed by atoms with Crippen LogP contribution in [0.5, 0.6) is 0 Å². The lowest BCUT2D eigenvalue weighted by atomic mass is 10.1. The summed E-state index contributed by atoms with van der Waals surface area (Å²) in [6.07, 6.45) is -0.595. The second kappa shape index (κ2) is 6.24. The van der Waals surface area contributed by atoms with Gasteiger partial charge in [0.25, 0.3) is 0 Å². The van der Waals surface area contributed by atoms with Crippen LogP contribution in [0.4, 0.5) is 5.69 Å². The molecule has 0 saturated carbocycles. The molecule has 0 saturated heterocycles. The minimum Gasteiger partial charge on any atom is -0.463 e. The standard InChI is InChI=1S/C18H14N2O3/c1-22-18(21)16-15(12-19)20(14-10-6-3-7-11-14)17(23-16)13-8-4-2-5-9-13/h2-11,17H,1H3. The number of allylic oxidation sites excluding steroid dienone is 1. The third-order valence-electron chi connectivity index (χ3n) is 3.52. The van der Waals surface area contributed by atoms with Gasteiger partial charge in [-0.05, 0) is 12.1 Å². The van der Waals surface area contributed by atoms with E-state index < -0.39 is 12.2 Å². The van der Waals surface area contributed by atoms with E-state index in [2.05, 4.69) is 6.07 Å². The number of hydrogen-bond acceptors (Lipinski definition) is 5. The largest absolute Gasteiger partial charge is 0.463 e. The molecule has 3 rings (SSSR count). The SMILES string of the molecule is COC(=O)C1=C(C#N)N(c2ccccc2)C(c2ccccc2)O1. The van der Waals surface area contributed by atoms with Crippen LogP contribution in [0.2, 0.25) is 0 Å². The molecule has 23 heavy (non-hydrogen) atoms. The second-order valence-electron chi connectivity index (χ2n) is 4.87. The van der Waals surface area contributed by atoms with Gasteiger partial charge in [0.05, 0.1) is 7.11 Å². The normalized spacial score (nSPS) is 16.7. The maximum absolute atomic E-state index is 12.0. The average molecular weight is 306 g/mol. The monoisotopic (exact) mass is 306 g/mol. The molecule has 0 N–H and O–H groups in total. The molecular weight excluding hydrogens is 292 g/mol. The van der Waals surface area contributed by atoms with Crippen LogP contribution in [0.15, 0.2) is 72.1 Å². The van der Waals surface area contributed by atoms with E-state index in [0.29, 0.717) is 0 Å². The van der Waals surface area contributed by atoms with Gasteiger partial charge >= 0.3 is 5.97 Å². The molecule has 0 radical (unpaired) electrons. The topological polar surface area (TPSA) is 62.6 Å². The summed E-state index contributed by atoms with van der Waals surface area (Å²) in [6.45, 7) is 0. The molecule has 1 unspecified atom stereocenters. The van der Waals surface area contributed by atoms with Crippen molar-refractivity contribution < 1.29 is 14.3 Å². The first-order valence-corrected chi connectivity index (χ1v) is 7.05. The maximum Gasteiger partial charge on any atom is 0.376 e. The molecule has 1 heterocycles. The summed E-state index contributed by atoms with van der Waals surface area (Å²) in [4.78, 5) is 13.7. The van der Waals surface area contributed by atoms with E-state index in [-0.39, 0.29) is 11.5 Å². The zero-order valence-electron chi connectivity index (χ0n) is 12.5. The number of esters is 1. The van der Waals surface area contributed by atoms with Gasteiger partial charge in [0.1, 0.15) is 6.07 Å². The van der Waals surface area contributed by atoms with Gasteiger partial charge in [0.15, 0.2) is 5.70 Å². The van der Waals surface area contributed by atoms with Gasteiger partial charge in [-0.25, -0.2) is 4.79 Å². The van der Waals surface area contributed by atoms with Gasteiger partial charge in [0, 0.05) is 11.3 Å². The van der Waals surface area contributed by atoms with Gasteiger partial charge in [-0.3, -0.25) is 4.90 Å². The zero-order valence-corrected chi connectivity index (χ0v) is 12.5. The van der Waals surface area contributed by atoms with Crippen molar-refractivity contribution in [3.63, 3.8) is 0 Å². The lowest BCUT2D eigenvalue weighted by Crippen LogP contribution is -2.23. The van der Waals surface area contributed by atoms with E-state index in [9.17, 15) is 10.1 Å². The first kappa shape index (κ1) is 14.7. The summed E-state index contributed by atoms with van der Waals surface area (Å²) < 4.78 is 10.5. The molecule has 0 aromatic heterocycles. The number of nitriles is 1. The smallest absolute Gasteiger partial charge is 0.376 e. The first-order valence-electron chi connectivity index (χ1n) is 7.05. The number of benzene rings is 2. The van der Waals surface area contributed by atoms with Crippen LogP contribution >= 0.6 is 0 Å². The number of ether oxygens (including phenoxy) is 2. The number of para-hydroxylation sites is 1. The van der Waals surface area contributed by atoms with Crippen molar-refractivity contribution in [3.8, 4) is 6.07 Å².